The normalized spacial score (nSPS) is 12.2. The molecule has 3 rings (SSSR count). The summed E-state index contributed by atoms with van der Waals surface area (Å²) in [6.07, 6.45) is 1.86. The van der Waals surface area contributed by atoms with Gasteiger partial charge in [0.1, 0.15) is 0 Å². The number of aliphatic imine (C=N–C) groups is 1. The van der Waals surface area contributed by atoms with Gasteiger partial charge < -0.3 is 0 Å². The lowest BCUT2D eigenvalue weighted by molar-refractivity contribution is 1.48. The first kappa shape index (κ1) is 15.7. The first-order chi connectivity index (χ1) is 10.6. The van der Waals surface area contributed by atoms with E-state index in [0.29, 0.717) is 0 Å². The molecule has 1 heteroatoms. The van der Waals surface area contributed by atoms with Gasteiger partial charge in [-0.25, -0.2) is 0 Å². The molecule has 0 spiro atoms. The molecular formula is C21H21N. The second-order valence-corrected chi connectivity index (χ2v) is 5.28. The molecule has 0 unspecified atom stereocenters. The minimum absolute atomic E-state index is 1.02. The number of allylic oxidation sites excluding steroid dienone is 3. The molecule has 2 aromatic rings. The topological polar surface area (TPSA) is 12.4 Å². The molecule has 0 fully saturated rings. The fourth-order valence-electron chi connectivity index (χ4n) is 2.22. The number of hydrogen-bond acceptors (Lipinski definition) is 1. The predicted octanol–water partition coefficient (Wildman–Crippen LogP) is 5.78. The van der Waals surface area contributed by atoms with Crippen LogP contribution in [0.1, 0.15) is 25.0 Å². The fraction of sp³-hybridized carbons (Fsp3) is 0.0952. The van der Waals surface area contributed by atoms with Gasteiger partial charge in [0.25, 0.3) is 0 Å². The molecule has 0 radical (unpaired) electrons. The first-order valence-electron chi connectivity index (χ1n) is 7.30. The van der Waals surface area contributed by atoms with Crippen molar-refractivity contribution in [2.24, 2.45) is 4.99 Å². The number of benzene rings is 2. The summed E-state index contributed by atoms with van der Waals surface area (Å²) in [5, 5.41) is 0. The monoisotopic (exact) mass is 287 g/mol. The van der Waals surface area contributed by atoms with Crippen LogP contribution in [0.4, 0.5) is 0 Å². The van der Waals surface area contributed by atoms with Gasteiger partial charge in [-0.15, -0.1) is 0 Å². The molecule has 0 N–H and O–H groups in total. The van der Waals surface area contributed by atoms with Crippen molar-refractivity contribution in [3.05, 3.63) is 96.7 Å². The van der Waals surface area contributed by atoms with Gasteiger partial charge in [-0.1, -0.05) is 73.8 Å². The second kappa shape index (κ2) is 7.37. The van der Waals surface area contributed by atoms with E-state index in [1.807, 2.05) is 68.6 Å². The molecule has 2 aromatic carbocycles. The summed E-state index contributed by atoms with van der Waals surface area (Å²) in [4.78, 5) is 4.32. The van der Waals surface area contributed by atoms with E-state index in [2.05, 4.69) is 30.3 Å². The zero-order valence-corrected chi connectivity index (χ0v) is 13.2. The average Bonchev–Trinajstić information content (AvgIpc) is 2.79. The van der Waals surface area contributed by atoms with E-state index in [-0.39, 0.29) is 0 Å². The molecule has 1 nitrogen and oxygen atoms in total. The third-order valence-electron chi connectivity index (χ3n) is 3.35. The summed E-state index contributed by atoms with van der Waals surface area (Å²) < 4.78 is 0. The van der Waals surface area contributed by atoms with Crippen molar-refractivity contribution < 1.29 is 0 Å². The summed E-state index contributed by atoms with van der Waals surface area (Å²) in [7, 11) is 0. The molecule has 0 amide bonds. The van der Waals surface area contributed by atoms with E-state index in [0.717, 1.165) is 22.4 Å². The van der Waals surface area contributed by atoms with E-state index >= 15 is 0 Å². The van der Waals surface area contributed by atoms with Crippen LogP contribution >= 0.6 is 0 Å². The van der Waals surface area contributed by atoms with Gasteiger partial charge in [0.2, 0.25) is 0 Å². The molecule has 22 heavy (non-hydrogen) atoms. The summed E-state index contributed by atoms with van der Waals surface area (Å²) in [5.74, 6) is 0. The molecule has 0 aliphatic heterocycles. The molecule has 0 saturated carbocycles. The Morgan fingerprint density at radius 2 is 1.18 bits per heavy atom. The first-order valence-corrected chi connectivity index (χ1v) is 7.30. The summed E-state index contributed by atoms with van der Waals surface area (Å²) in [6.45, 7) is 12.2. The lowest BCUT2D eigenvalue weighted by atomic mass is 10.1. The molecule has 0 bridgehead atoms. The van der Waals surface area contributed by atoms with E-state index in [9.17, 15) is 0 Å². The van der Waals surface area contributed by atoms with Crippen molar-refractivity contribution in [1.29, 1.82) is 0 Å². The Labute approximate surface area is 133 Å². The highest BCUT2D eigenvalue weighted by molar-refractivity contribution is 6.06. The Hall–Kier alpha value is -2.67. The van der Waals surface area contributed by atoms with Crippen molar-refractivity contribution in [3.63, 3.8) is 0 Å². The molecule has 1 aliphatic rings. The third-order valence-corrected chi connectivity index (χ3v) is 3.35. The number of rotatable bonds is 1. The van der Waals surface area contributed by atoms with Gasteiger partial charge >= 0.3 is 0 Å². The van der Waals surface area contributed by atoms with Gasteiger partial charge in [-0.05, 0) is 36.1 Å². The highest BCUT2D eigenvalue weighted by Gasteiger charge is 2.22. The third kappa shape index (κ3) is 3.70. The van der Waals surface area contributed by atoms with Crippen LogP contribution in [-0.4, -0.2) is 5.71 Å². The Balaban J connectivity index is 0.000000246. The van der Waals surface area contributed by atoms with Crippen LogP contribution in [0.3, 0.4) is 0 Å². The molecule has 1 aliphatic carbocycles. The van der Waals surface area contributed by atoms with E-state index in [4.69, 9.17) is 0 Å². The second-order valence-electron chi connectivity index (χ2n) is 5.28. The van der Waals surface area contributed by atoms with Gasteiger partial charge in [0.05, 0.1) is 0 Å². The lowest BCUT2D eigenvalue weighted by Gasteiger charge is -1.98. The smallest absolute Gasteiger partial charge is 0.0351 e. The number of hydrogen-bond donors (Lipinski definition) is 0. The molecule has 0 aromatic heterocycles. The zero-order valence-electron chi connectivity index (χ0n) is 13.2. The van der Waals surface area contributed by atoms with Crippen LogP contribution < -0.4 is 0 Å². The van der Waals surface area contributed by atoms with Crippen LogP contribution in [0.2, 0.25) is 0 Å². The van der Waals surface area contributed by atoms with E-state index in [1.165, 1.54) is 11.1 Å². The Kier molecular flexibility index (Phi) is 5.26. The van der Waals surface area contributed by atoms with Crippen molar-refractivity contribution in [3.8, 4) is 0 Å². The minimum atomic E-state index is 1.02. The molecular weight excluding hydrogens is 266 g/mol. The Morgan fingerprint density at radius 1 is 0.773 bits per heavy atom. The van der Waals surface area contributed by atoms with E-state index in [1.54, 1.807) is 0 Å². The predicted molar refractivity (Wildman–Crippen MR) is 97.8 cm³/mol. The summed E-state index contributed by atoms with van der Waals surface area (Å²) in [6, 6.07) is 20.2. The summed E-state index contributed by atoms with van der Waals surface area (Å²) in [5.41, 5.74) is 6.45. The largest absolute Gasteiger partial charge is 0.266 e. The molecule has 0 saturated heterocycles. The van der Waals surface area contributed by atoms with Gasteiger partial charge in [0, 0.05) is 17.5 Å². The quantitative estimate of drug-likeness (QED) is 0.590. The van der Waals surface area contributed by atoms with Gasteiger partial charge in [-0.3, -0.25) is 4.99 Å². The van der Waals surface area contributed by atoms with Crippen molar-refractivity contribution in [2.45, 2.75) is 13.8 Å². The minimum Gasteiger partial charge on any atom is -0.266 e. The molecule has 0 heterocycles. The Morgan fingerprint density at radius 3 is 1.55 bits per heavy atom. The number of nitrogens with zero attached hydrogens (tertiary/aromatic N) is 1. The lowest BCUT2D eigenvalue weighted by Crippen LogP contribution is -1.80. The highest BCUT2D eigenvalue weighted by atomic mass is 14.7. The van der Waals surface area contributed by atoms with Crippen LogP contribution in [0.15, 0.2) is 90.6 Å². The average molecular weight is 287 g/mol. The maximum Gasteiger partial charge on any atom is 0.0351 e. The SMILES string of the molecule is C=C1C(=CN=C(C)C)C(=C)c2ccccc21.c1ccccc1. The fourth-order valence-corrected chi connectivity index (χ4v) is 2.22. The van der Waals surface area contributed by atoms with Crippen molar-refractivity contribution >= 4 is 16.9 Å². The highest BCUT2D eigenvalue weighted by Crippen LogP contribution is 2.42. The van der Waals surface area contributed by atoms with Gasteiger partial charge in [0.15, 0.2) is 0 Å². The van der Waals surface area contributed by atoms with Gasteiger partial charge in [-0.2, -0.15) is 0 Å². The van der Waals surface area contributed by atoms with Crippen LogP contribution in [0.5, 0.6) is 0 Å². The standard InChI is InChI=1S/C15H15N.C6H6/c1-10(2)16-9-15-11(3)13-7-5-6-8-14(13)12(15)4;1-2-4-6-5-3-1/h5-9H,3-4H2,1-2H3;1-6H. The van der Waals surface area contributed by atoms with E-state index < -0.39 is 0 Å². The summed E-state index contributed by atoms with van der Waals surface area (Å²) >= 11 is 0. The van der Waals surface area contributed by atoms with Crippen molar-refractivity contribution in [2.75, 3.05) is 0 Å². The maximum atomic E-state index is 4.32. The Bertz CT molecular complexity index is 666. The van der Waals surface area contributed by atoms with Crippen LogP contribution in [-0.2, 0) is 0 Å². The van der Waals surface area contributed by atoms with Crippen LogP contribution in [0.25, 0.3) is 11.1 Å². The maximum absolute atomic E-state index is 4.32. The molecule has 110 valence electrons. The van der Waals surface area contributed by atoms with Crippen LogP contribution in [0, 0.1) is 0 Å². The molecule has 0 atom stereocenters. The van der Waals surface area contributed by atoms with Crippen molar-refractivity contribution in [1.82, 2.24) is 0 Å². The number of fused-ring (bicyclic) bond motifs is 1. The zero-order chi connectivity index (χ0) is 15.9.